The van der Waals surface area contributed by atoms with Gasteiger partial charge in [-0.25, -0.2) is 0 Å². The third kappa shape index (κ3) is 3.59. The predicted octanol–water partition coefficient (Wildman–Crippen LogP) is 2.01. The van der Waals surface area contributed by atoms with Crippen molar-refractivity contribution in [2.45, 2.75) is 6.29 Å². The molecule has 8 heteroatoms. The van der Waals surface area contributed by atoms with Crippen LogP contribution >= 0.6 is 11.8 Å². The molecule has 2 aromatic carbocycles. The van der Waals surface area contributed by atoms with E-state index in [9.17, 15) is 9.59 Å². The summed E-state index contributed by atoms with van der Waals surface area (Å²) in [6.07, 6.45) is 1.09. The summed E-state index contributed by atoms with van der Waals surface area (Å²) in [6.45, 7) is 0. The van der Waals surface area contributed by atoms with Crippen molar-refractivity contribution < 1.29 is 9.59 Å². The number of nitrogens with zero attached hydrogens (tertiary/aromatic N) is 3. The van der Waals surface area contributed by atoms with Crippen LogP contribution in [-0.4, -0.2) is 41.0 Å². The molecule has 1 unspecified atom stereocenters. The molecule has 0 spiro atoms. The lowest BCUT2D eigenvalue weighted by atomic mass is 10.1. The van der Waals surface area contributed by atoms with Gasteiger partial charge >= 0.3 is 0 Å². The number of thioether (sulfide) groups is 1. The van der Waals surface area contributed by atoms with Crippen LogP contribution < -0.4 is 15.6 Å². The molecule has 2 aliphatic heterocycles. The fourth-order valence-electron chi connectivity index (χ4n) is 3.00. The van der Waals surface area contributed by atoms with E-state index in [4.69, 9.17) is 0 Å². The van der Waals surface area contributed by atoms with Crippen LogP contribution in [0.3, 0.4) is 0 Å². The molecular formula is C20H19N5O2S. The Kier molecular flexibility index (Phi) is 5.03. The molecule has 7 nitrogen and oxygen atoms in total. The van der Waals surface area contributed by atoms with Crippen molar-refractivity contribution in [3.05, 3.63) is 72.3 Å². The lowest BCUT2D eigenvalue weighted by molar-refractivity contribution is -0.118. The van der Waals surface area contributed by atoms with E-state index in [0.29, 0.717) is 5.17 Å². The van der Waals surface area contributed by atoms with Crippen LogP contribution in [0, 0.1) is 0 Å². The first-order valence-corrected chi connectivity index (χ1v) is 9.76. The van der Waals surface area contributed by atoms with Gasteiger partial charge in [-0.2, -0.15) is 5.10 Å². The lowest BCUT2D eigenvalue weighted by Gasteiger charge is -2.32. The van der Waals surface area contributed by atoms with Crippen LogP contribution in [-0.2, 0) is 9.59 Å². The third-order valence-corrected chi connectivity index (χ3v) is 5.40. The summed E-state index contributed by atoms with van der Waals surface area (Å²) < 4.78 is 0. The van der Waals surface area contributed by atoms with Gasteiger partial charge in [0, 0.05) is 18.8 Å². The maximum Gasteiger partial charge on any atom is 0.249 e. The highest BCUT2D eigenvalue weighted by atomic mass is 32.2. The highest BCUT2D eigenvalue weighted by Crippen LogP contribution is 2.29. The van der Waals surface area contributed by atoms with Gasteiger partial charge in [0.1, 0.15) is 0 Å². The van der Waals surface area contributed by atoms with Crippen LogP contribution in [0.5, 0.6) is 0 Å². The number of carbonyl (C=O) groups is 2. The molecule has 2 heterocycles. The molecule has 0 saturated carbocycles. The minimum atomic E-state index is -0.461. The van der Waals surface area contributed by atoms with E-state index in [0.717, 1.165) is 16.9 Å². The molecule has 1 atom stereocenters. The largest absolute Gasteiger partial charge is 0.315 e. The molecule has 2 amide bonds. The van der Waals surface area contributed by atoms with E-state index in [1.807, 2.05) is 65.6 Å². The quantitative estimate of drug-likeness (QED) is 0.831. The fourth-order valence-corrected chi connectivity index (χ4v) is 3.91. The third-order valence-electron chi connectivity index (χ3n) is 4.46. The number of benzene rings is 2. The van der Waals surface area contributed by atoms with Gasteiger partial charge in [-0.15, -0.1) is 0 Å². The van der Waals surface area contributed by atoms with Gasteiger partial charge in [0.2, 0.25) is 11.8 Å². The van der Waals surface area contributed by atoms with E-state index >= 15 is 0 Å². The Morgan fingerprint density at radius 1 is 1.14 bits per heavy atom. The Labute approximate surface area is 167 Å². The number of amidine groups is 1. The van der Waals surface area contributed by atoms with Crippen molar-refractivity contribution in [1.29, 1.82) is 0 Å². The monoisotopic (exact) mass is 393 g/mol. The second kappa shape index (κ2) is 7.77. The van der Waals surface area contributed by atoms with E-state index in [-0.39, 0.29) is 17.6 Å². The molecule has 0 aliphatic carbocycles. The van der Waals surface area contributed by atoms with Gasteiger partial charge in [-0.3, -0.25) is 19.9 Å². The maximum atomic E-state index is 12.6. The average molecular weight is 393 g/mol. The molecule has 4 rings (SSSR count). The van der Waals surface area contributed by atoms with Crippen LogP contribution in [0.15, 0.2) is 71.8 Å². The van der Waals surface area contributed by atoms with Crippen molar-refractivity contribution in [3.63, 3.8) is 0 Å². The summed E-state index contributed by atoms with van der Waals surface area (Å²) in [5.41, 5.74) is 5.41. The number of para-hydroxylation sites is 1. The number of hydrogen-bond donors (Lipinski definition) is 2. The SMILES string of the molecule is CN(C(=O)CSC1=NNC2NC(=O)C=C(c3ccccc3)N12)c1ccccc1. The summed E-state index contributed by atoms with van der Waals surface area (Å²) >= 11 is 1.33. The summed E-state index contributed by atoms with van der Waals surface area (Å²) in [6, 6.07) is 19.1. The lowest BCUT2D eigenvalue weighted by Crippen LogP contribution is -2.54. The van der Waals surface area contributed by atoms with Crippen LogP contribution in [0.1, 0.15) is 5.56 Å². The Morgan fingerprint density at radius 3 is 2.54 bits per heavy atom. The van der Waals surface area contributed by atoms with E-state index in [1.165, 1.54) is 11.8 Å². The zero-order chi connectivity index (χ0) is 19.5. The second-order valence-corrected chi connectivity index (χ2v) is 7.22. The summed E-state index contributed by atoms with van der Waals surface area (Å²) in [7, 11) is 1.76. The molecular weight excluding hydrogens is 374 g/mol. The molecule has 0 radical (unpaired) electrons. The molecule has 142 valence electrons. The average Bonchev–Trinajstić information content (AvgIpc) is 3.14. The molecule has 0 aromatic heterocycles. The van der Waals surface area contributed by atoms with E-state index in [2.05, 4.69) is 15.8 Å². The van der Waals surface area contributed by atoms with Crippen LogP contribution in [0.2, 0.25) is 0 Å². The van der Waals surface area contributed by atoms with Crippen LogP contribution in [0.25, 0.3) is 5.70 Å². The molecule has 28 heavy (non-hydrogen) atoms. The number of nitrogens with one attached hydrogen (secondary N) is 2. The van der Waals surface area contributed by atoms with Crippen molar-refractivity contribution in [3.8, 4) is 0 Å². The molecule has 2 N–H and O–H groups in total. The van der Waals surface area contributed by atoms with Gasteiger partial charge in [-0.05, 0) is 17.7 Å². The van der Waals surface area contributed by atoms with Crippen molar-refractivity contribution in [2.24, 2.45) is 5.10 Å². The van der Waals surface area contributed by atoms with Crippen LogP contribution in [0.4, 0.5) is 5.69 Å². The van der Waals surface area contributed by atoms with Gasteiger partial charge in [0.25, 0.3) is 0 Å². The molecule has 0 fully saturated rings. The van der Waals surface area contributed by atoms with Gasteiger partial charge in [0.05, 0.1) is 11.4 Å². The Morgan fingerprint density at radius 2 is 1.82 bits per heavy atom. The predicted molar refractivity (Wildman–Crippen MR) is 111 cm³/mol. The topological polar surface area (TPSA) is 77.0 Å². The minimum Gasteiger partial charge on any atom is -0.315 e. The number of carbonyl (C=O) groups excluding carboxylic acids is 2. The number of rotatable bonds is 4. The minimum absolute atomic E-state index is 0.0337. The second-order valence-electron chi connectivity index (χ2n) is 6.28. The summed E-state index contributed by atoms with van der Waals surface area (Å²) in [5.74, 6) is 0.00749. The number of hydrogen-bond acceptors (Lipinski definition) is 6. The molecule has 2 aromatic rings. The zero-order valence-corrected chi connectivity index (χ0v) is 16.0. The highest BCUT2D eigenvalue weighted by molar-refractivity contribution is 8.14. The number of hydrazone groups is 1. The smallest absolute Gasteiger partial charge is 0.249 e. The fraction of sp³-hybridized carbons (Fsp3) is 0.150. The normalized spacial score (nSPS) is 17.8. The van der Waals surface area contributed by atoms with Gasteiger partial charge < -0.3 is 10.2 Å². The molecule has 0 bridgehead atoms. The Bertz CT molecular complexity index is 946. The first kappa shape index (κ1) is 18.1. The zero-order valence-electron chi connectivity index (χ0n) is 15.2. The number of anilines is 1. The van der Waals surface area contributed by atoms with E-state index in [1.54, 1.807) is 18.0 Å². The molecule has 0 saturated heterocycles. The Hall–Kier alpha value is -3.26. The summed E-state index contributed by atoms with van der Waals surface area (Å²) in [4.78, 5) is 28.2. The maximum absolute atomic E-state index is 12.6. The van der Waals surface area contributed by atoms with E-state index < -0.39 is 6.29 Å². The number of amides is 2. The first-order chi connectivity index (χ1) is 13.6. The number of fused-ring (bicyclic) bond motifs is 1. The standard InChI is InChI=1S/C20H19N5O2S/c1-24(15-10-6-3-7-11-15)18(27)13-28-20-23-22-19-21-17(26)12-16(25(19)20)14-8-4-2-5-9-14/h2-12,19,22H,13H2,1H3,(H,21,26). The molecule has 2 aliphatic rings. The van der Waals surface area contributed by atoms with Crippen molar-refractivity contribution in [2.75, 3.05) is 17.7 Å². The van der Waals surface area contributed by atoms with Gasteiger partial charge in [0.15, 0.2) is 11.5 Å². The first-order valence-electron chi connectivity index (χ1n) is 8.78. The summed E-state index contributed by atoms with van der Waals surface area (Å²) in [5, 5.41) is 7.78. The van der Waals surface area contributed by atoms with Crippen molar-refractivity contribution >= 4 is 40.1 Å². The van der Waals surface area contributed by atoms with Crippen molar-refractivity contribution in [1.82, 2.24) is 15.6 Å². The Balaban J connectivity index is 1.49. The highest BCUT2D eigenvalue weighted by Gasteiger charge is 2.36. The van der Waals surface area contributed by atoms with Gasteiger partial charge in [-0.1, -0.05) is 60.3 Å².